The number of nitrogens with one attached hydrogen (secondary N) is 2. The predicted molar refractivity (Wildman–Crippen MR) is 77.4 cm³/mol. The summed E-state index contributed by atoms with van der Waals surface area (Å²) in [4.78, 5) is 27.4. The van der Waals surface area contributed by atoms with Crippen LogP contribution in [0.4, 0.5) is 5.13 Å². The Morgan fingerprint density at radius 2 is 2.05 bits per heavy atom. The molecule has 104 valence electrons. The SMILES string of the molecule is COC(=O)c1sc(NC(=S)NC(=O)C(C)C)nc1C. The van der Waals surface area contributed by atoms with Crippen LogP contribution in [-0.4, -0.2) is 29.1 Å². The Hall–Kier alpha value is -1.54. The maximum absolute atomic E-state index is 11.4. The molecule has 0 atom stereocenters. The molecule has 6 nitrogen and oxygen atoms in total. The molecule has 2 N–H and O–H groups in total. The Bertz CT molecular complexity index is 511. The molecule has 1 rings (SSSR count). The van der Waals surface area contributed by atoms with E-state index in [9.17, 15) is 9.59 Å². The minimum absolute atomic E-state index is 0.156. The second-order valence-corrected chi connectivity index (χ2v) is 5.43. The van der Waals surface area contributed by atoms with Crippen LogP contribution in [0.15, 0.2) is 0 Å². The molecule has 0 aliphatic heterocycles. The van der Waals surface area contributed by atoms with Crippen LogP contribution in [0.25, 0.3) is 0 Å². The van der Waals surface area contributed by atoms with Gasteiger partial charge in [-0.25, -0.2) is 9.78 Å². The number of rotatable bonds is 3. The molecule has 0 spiro atoms. The van der Waals surface area contributed by atoms with Gasteiger partial charge in [0.1, 0.15) is 4.88 Å². The lowest BCUT2D eigenvalue weighted by Gasteiger charge is -2.08. The number of aromatic nitrogens is 1. The van der Waals surface area contributed by atoms with Crippen molar-refractivity contribution < 1.29 is 14.3 Å². The first-order chi connectivity index (χ1) is 8.85. The van der Waals surface area contributed by atoms with Crippen molar-refractivity contribution in [1.82, 2.24) is 10.3 Å². The van der Waals surface area contributed by atoms with Gasteiger partial charge in [-0.05, 0) is 19.1 Å². The Morgan fingerprint density at radius 1 is 1.42 bits per heavy atom. The smallest absolute Gasteiger partial charge is 0.350 e. The van der Waals surface area contributed by atoms with Crippen molar-refractivity contribution in [3.8, 4) is 0 Å². The summed E-state index contributed by atoms with van der Waals surface area (Å²) in [6.07, 6.45) is 0. The number of carbonyl (C=O) groups excluding carboxylic acids is 2. The number of ether oxygens (including phenoxy) is 1. The number of thiocarbonyl (C=S) groups is 1. The Morgan fingerprint density at radius 3 is 2.58 bits per heavy atom. The summed E-state index contributed by atoms with van der Waals surface area (Å²) in [7, 11) is 1.31. The van der Waals surface area contributed by atoms with Gasteiger partial charge < -0.3 is 15.4 Å². The number of methoxy groups -OCH3 is 1. The summed E-state index contributed by atoms with van der Waals surface area (Å²) in [5.74, 6) is -0.789. The minimum atomic E-state index is -0.444. The van der Waals surface area contributed by atoms with Crippen LogP contribution in [0.1, 0.15) is 29.2 Å². The average Bonchev–Trinajstić information content (AvgIpc) is 2.68. The number of esters is 1. The highest BCUT2D eigenvalue weighted by atomic mass is 32.1. The largest absolute Gasteiger partial charge is 0.465 e. The highest BCUT2D eigenvalue weighted by Gasteiger charge is 2.16. The molecule has 0 radical (unpaired) electrons. The third-order valence-corrected chi connectivity index (χ3v) is 3.41. The first-order valence-electron chi connectivity index (χ1n) is 5.52. The fourth-order valence-corrected chi connectivity index (χ4v) is 2.27. The lowest BCUT2D eigenvalue weighted by molar-refractivity contribution is -0.122. The number of hydrogen-bond donors (Lipinski definition) is 2. The van der Waals surface area contributed by atoms with Gasteiger partial charge in [0.25, 0.3) is 0 Å². The van der Waals surface area contributed by atoms with E-state index in [1.165, 1.54) is 7.11 Å². The van der Waals surface area contributed by atoms with E-state index in [0.717, 1.165) is 11.3 Å². The number of anilines is 1. The molecule has 0 aromatic carbocycles. The summed E-state index contributed by atoms with van der Waals surface area (Å²) >= 11 is 6.11. The molecule has 1 heterocycles. The van der Waals surface area contributed by atoms with Gasteiger partial charge in [-0.1, -0.05) is 25.2 Å². The van der Waals surface area contributed by atoms with Gasteiger partial charge >= 0.3 is 5.97 Å². The third kappa shape index (κ3) is 4.25. The number of aryl methyl sites for hydroxylation is 1. The van der Waals surface area contributed by atoms with Crippen LogP contribution in [0.3, 0.4) is 0 Å². The van der Waals surface area contributed by atoms with Crippen molar-refractivity contribution >= 4 is 45.7 Å². The fraction of sp³-hybridized carbons (Fsp3) is 0.455. The number of hydrogen-bond acceptors (Lipinski definition) is 6. The molecule has 0 bridgehead atoms. The normalized spacial score (nSPS) is 10.2. The van der Waals surface area contributed by atoms with E-state index in [4.69, 9.17) is 12.2 Å². The Balaban J connectivity index is 2.70. The zero-order valence-corrected chi connectivity index (χ0v) is 12.7. The lowest BCUT2D eigenvalue weighted by Crippen LogP contribution is -2.36. The standard InChI is InChI=1S/C11H15N3O3S2/c1-5(2)8(15)13-10(18)14-11-12-6(3)7(19-11)9(16)17-4/h5H,1-4H3,(H2,12,13,14,15,18). The molecule has 0 saturated carbocycles. The topological polar surface area (TPSA) is 80.3 Å². The zero-order valence-electron chi connectivity index (χ0n) is 11.1. The van der Waals surface area contributed by atoms with Crippen molar-refractivity contribution in [1.29, 1.82) is 0 Å². The summed E-state index contributed by atoms with van der Waals surface area (Å²) in [6.45, 7) is 5.23. The Kier molecular flexibility index (Phi) is 5.37. The molecule has 0 fully saturated rings. The van der Waals surface area contributed by atoms with Crippen molar-refractivity contribution in [2.45, 2.75) is 20.8 Å². The van der Waals surface area contributed by atoms with E-state index in [2.05, 4.69) is 20.4 Å². The molecule has 1 aromatic heterocycles. The first kappa shape index (κ1) is 15.5. The van der Waals surface area contributed by atoms with Crippen LogP contribution in [0, 0.1) is 12.8 Å². The number of nitrogens with zero attached hydrogens (tertiary/aromatic N) is 1. The molecule has 0 aliphatic carbocycles. The summed E-state index contributed by atoms with van der Waals surface area (Å²) in [6, 6.07) is 0. The molecule has 0 unspecified atom stereocenters. The number of thiazole rings is 1. The van der Waals surface area contributed by atoms with Gasteiger partial charge in [-0.15, -0.1) is 0 Å². The lowest BCUT2D eigenvalue weighted by atomic mass is 10.2. The van der Waals surface area contributed by atoms with E-state index in [1.807, 2.05) is 0 Å². The maximum atomic E-state index is 11.4. The molecule has 0 aliphatic rings. The predicted octanol–water partition coefficient (Wildman–Crippen LogP) is 1.71. The maximum Gasteiger partial charge on any atom is 0.350 e. The Labute approximate surface area is 120 Å². The summed E-state index contributed by atoms with van der Waals surface area (Å²) < 4.78 is 4.63. The zero-order chi connectivity index (χ0) is 14.6. The highest BCUT2D eigenvalue weighted by molar-refractivity contribution is 7.80. The van der Waals surface area contributed by atoms with E-state index < -0.39 is 5.97 Å². The quantitative estimate of drug-likeness (QED) is 0.653. The van der Waals surface area contributed by atoms with Crippen molar-refractivity contribution in [3.63, 3.8) is 0 Å². The van der Waals surface area contributed by atoms with Crippen LogP contribution >= 0.6 is 23.6 Å². The molecule has 0 saturated heterocycles. The summed E-state index contributed by atoms with van der Waals surface area (Å²) in [5, 5.41) is 5.89. The molecular weight excluding hydrogens is 286 g/mol. The summed E-state index contributed by atoms with van der Waals surface area (Å²) in [5.41, 5.74) is 0.553. The van der Waals surface area contributed by atoms with E-state index in [0.29, 0.717) is 15.7 Å². The van der Waals surface area contributed by atoms with Crippen molar-refractivity contribution in [3.05, 3.63) is 10.6 Å². The van der Waals surface area contributed by atoms with E-state index in [-0.39, 0.29) is 16.9 Å². The van der Waals surface area contributed by atoms with Gasteiger partial charge in [-0.2, -0.15) is 0 Å². The molecule has 1 aromatic rings. The van der Waals surface area contributed by atoms with Crippen molar-refractivity contribution in [2.75, 3.05) is 12.4 Å². The molecular formula is C11H15N3O3S2. The van der Waals surface area contributed by atoms with Gasteiger partial charge in [-0.3, -0.25) is 4.79 Å². The van der Waals surface area contributed by atoms with E-state index >= 15 is 0 Å². The number of amides is 1. The van der Waals surface area contributed by atoms with Gasteiger partial charge in [0.15, 0.2) is 10.2 Å². The molecule has 19 heavy (non-hydrogen) atoms. The van der Waals surface area contributed by atoms with Gasteiger partial charge in [0.2, 0.25) is 5.91 Å². The number of carbonyl (C=O) groups is 2. The van der Waals surface area contributed by atoms with Crippen LogP contribution < -0.4 is 10.6 Å². The van der Waals surface area contributed by atoms with Crippen molar-refractivity contribution in [2.24, 2.45) is 5.92 Å². The monoisotopic (exact) mass is 301 g/mol. The van der Waals surface area contributed by atoms with Crippen LogP contribution in [-0.2, 0) is 9.53 Å². The second kappa shape index (κ2) is 6.58. The van der Waals surface area contributed by atoms with Crippen LogP contribution in [0.5, 0.6) is 0 Å². The highest BCUT2D eigenvalue weighted by Crippen LogP contribution is 2.23. The van der Waals surface area contributed by atoms with Crippen LogP contribution in [0.2, 0.25) is 0 Å². The first-order valence-corrected chi connectivity index (χ1v) is 6.75. The van der Waals surface area contributed by atoms with Gasteiger partial charge in [0, 0.05) is 5.92 Å². The second-order valence-electron chi connectivity index (χ2n) is 4.02. The third-order valence-electron chi connectivity index (χ3n) is 2.15. The van der Waals surface area contributed by atoms with E-state index in [1.54, 1.807) is 20.8 Å². The fourth-order valence-electron chi connectivity index (χ4n) is 1.12. The minimum Gasteiger partial charge on any atom is -0.465 e. The average molecular weight is 301 g/mol. The molecule has 8 heteroatoms. The van der Waals surface area contributed by atoms with Gasteiger partial charge in [0.05, 0.1) is 12.8 Å². The molecule has 1 amide bonds.